The third kappa shape index (κ3) is 2.61. The smallest absolute Gasteiger partial charge is 0.258 e. The zero-order valence-electron chi connectivity index (χ0n) is 13.4. The number of hydrogen-bond donors (Lipinski definition) is 1. The van der Waals surface area contributed by atoms with Gasteiger partial charge in [-0.25, -0.2) is 18.4 Å². The van der Waals surface area contributed by atoms with Crippen molar-refractivity contribution in [2.75, 3.05) is 5.32 Å². The van der Waals surface area contributed by atoms with E-state index in [0.717, 1.165) is 12.8 Å². The number of fused-ring (bicyclic) bond motifs is 1. The van der Waals surface area contributed by atoms with Crippen molar-refractivity contribution in [2.45, 2.75) is 38.0 Å². The minimum Gasteiger partial charge on any atom is -0.324 e. The first-order valence-electron chi connectivity index (χ1n) is 8.26. The van der Waals surface area contributed by atoms with Gasteiger partial charge in [0.15, 0.2) is 0 Å². The summed E-state index contributed by atoms with van der Waals surface area (Å²) >= 11 is 6.02. The lowest BCUT2D eigenvalue weighted by Crippen LogP contribution is -2.23. The van der Waals surface area contributed by atoms with Gasteiger partial charge in [-0.3, -0.25) is 4.79 Å². The van der Waals surface area contributed by atoms with Gasteiger partial charge in [0.1, 0.15) is 12.7 Å². The Morgan fingerprint density at radius 1 is 1.40 bits per heavy atom. The van der Waals surface area contributed by atoms with E-state index in [2.05, 4.69) is 15.4 Å². The first-order chi connectivity index (χ1) is 11.9. The predicted octanol–water partition coefficient (Wildman–Crippen LogP) is 4.07. The highest BCUT2D eigenvalue weighted by molar-refractivity contribution is 6.31. The second kappa shape index (κ2) is 5.76. The number of nitrogens with zero attached hydrogens (tertiary/aromatic N) is 3. The lowest BCUT2D eigenvalue weighted by molar-refractivity contribution is -0.118. The van der Waals surface area contributed by atoms with Crippen LogP contribution < -0.4 is 5.32 Å². The summed E-state index contributed by atoms with van der Waals surface area (Å²) in [5.41, 5.74) is -0.160. The van der Waals surface area contributed by atoms with E-state index in [9.17, 15) is 13.6 Å². The molecule has 1 amide bonds. The third-order valence-electron chi connectivity index (χ3n) is 5.43. The minimum absolute atomic E-state index is 0.173. The number of halogens is 3. The Morgan fingerprint density at radius 2 is 2.24 bits per heavy atom. The molecule has 1 aromatic heterocycles. The van der Waals surface area contributed by atoms with Gasteiger partial charge >= 0.3 is 0 Å². The molecule has 0 radical (unpaired) electrons. The van der Waals surface area contributed by atoms with Crippen LogP contribution in [0.25, 0.3) is 5.69 Å². The Morgan fingerprint density at radius 3 is 2.96 bits per heavy atom. The van der Waals surface area contributed by atoms with Crippen LogP contribution in [0.5, 0.6) is 0 Å². The quantitative estimate of drug-likeness (QED) is 0.887. The molecule has 4 rings (SSSR count). The van der Waals surface area contributed by atoms with Crippen LogP contribution in [-0.4, -0.2) is 26.6 Å². The summed E-state index contributed by atoms with van der Waals surface area (Å²) in [4.78, 5) is 16.4. The highest BCUT2D eigenvalue weighted by Crippen LogP contribution is 2.73. The number of anilines is 1. The molecule has 25 heavy (non-hydrogen) atoms. The van der Waals surface area contributed by atoms with Gasteiger partial charge < -0.3 is 5.32 Å². The molecule has 2 aromatic rings. The molecular weight excluding hydrogens is 350 g/mol. The zero-order chi connectivity index (χ0) is 17.7. The van der Waals surface area contributed by atoms with Gasteiger partial charge in [0.05, 0.1) is 16.8 Å². The topological polar surface area (TPSA) is 59.8 Å². The number of alkyl halides is 2. The summed E-state index contributed by atoms with van der Waals surface area (Å²) in [5, 5.41) is 7.20. The number of aromatic nitrogens is 3. The lowest BCUT2D eigenvalue weighted by atomic mass is 9.85. The molecule has 2 saturated carbocycles. The molecule has 8 heteroatoms. The predicted molar refractivity (Wildman–Crippen MR) is 89.0 cm³/mol. The number of amides is 1. The van der Waals surface area contributed by atoms with Crippen molar-refractivity contribution in [1.29, 1.82) is 0 Å². The number of hydrogen-bond acceptors (Lipinski definition) is 3. The van der Waals surface area contributed by atoms with Crippen molar-refractivity contribution in [3.05, 3.63) is 35.9 Å². The number of benzene rings is 1. The average Bonchev–Trinajstić information content (AvgIpc) is 2.94. The molecule has 2 unspecified atom stereocenters. The molecule has 1 heterocycles. The van der Waals surface area contributed by atoms with E-state index >= 15 is 0 Å². The second-order valence-electron chi connectivity index (χ2n) is 6.80. The van der Waals surface area contributed by atoms with E-state index in [1.165, 1.54) is 17.3 Å². The van der Waals surface area contributed by atoms with E-state index in [1.54, 1.807) is 18.2 Å². The van der Waals surface area contributed by atoms with Gasteiger partial charge in [-0.1, -0.05) is 24.4 Å². The zero-order valence-corrected chi connectivity index (χ0v) is 14.1. The van der Waals surface area contributed by atoms with Crippen molar-refractivity contribution in [3.8, 4) is 5.69 Å². The van der Waals surface area contributed by atoms with Crippen LogP contribution in [0.3, 0.4) is 0 Å². The van der Waals surface area contributed by atoms with Crippen molar-refractivity contribution in [3.63, 3.8) is 0 Å². The van der Waals surface area contributed by atoms with Crippen LogP contribution >= 0.6 is 11.6 Å². The maximum absolute atomic E-state index is 14.2. The first kappa shape index (κ1) is 16.4. The van der Waals surface area contributed by atoms with E-state index in [1.807, 2.05) is 0 Å². The minimum atomic E-state index is -2.73. The van der Waals surface area contributed by atoms with Crippen LogP contribution in [0.1, 0.15) is 32.1 Å². The third-order valence-corrected chi connectivity index (χ3v) is 5.66. The van der Waals surface area contributed by atoms with Crippen LogP contribution in [-0.2, 0) is 4.79 Å². The number of nitrogens with one attached hydrogen (secondary N) is 1. The summed E-state index contributed by atoms with van der Waals surface area (Å²) in [6.45, 7) is 0. The highest BCUT2D eigenvalue weighted by Gasteiger charge is 2.80. The standard InChI is InChI=1S/C17H17ClF2N4O/c18-11-4-5-13(24-10-21-9-22-24)12(7-11)23-15(25)8-16-6-2-1-3-14(16)17(16,19)20/h4-5,7,9-10,14H,1-3,6,8H2,(H,23,25). The molecule has 0 spiro atoms. The molecule has 2 aliphatic rings. The molecule has 0 bridgehead atoms. The summed E-state index contributed by atoms with van der Waals surface area (Å²) in [7, 11) is 0. The summed E-state index contributed by atoms with van der Waals surface area (Å²) in [6.07, 6.45) is 5.16. The van der Waals surface area contributed by atoms with Gasteiger partial charge in [0.25, 0.3) is 5.92 Å². The molecule has 1 N–H and O–H groups in total. The molecule has 0 aliphatic heterocycles. The van der Waals surface area contributed by atoms with Crippen LogP contribution in [0.4, 0.5) is 14.5 Å². The number of rotatable bonds is 4. The molecule has 1 aromatic carbocycles. The van der Waals surface area contributed by atoms with Crippen LogP contribution in [0, 0.1) is 11.3 Å². The Bertz CT molecular complexity index is 811. The molecular formula is C17H17ClF2N4O. The molecule has 132 valence electrons. The Balaban J connectivity index is 1.55. The van der Waals surface area contributed by atoms with Crippen molar-refractivity contribution >= 4 is 23.2 Å². The lowest BCUT2D eigenvalue weighted by Gasteiger charge is -2.20. The fourth-order valence-corrected chi connectivity index (χ4v) is 4.30. The maximum atomic E-state index is 14.2. The van der Waals surface area contributed by atoms with Gasteiger partial charge in [0.2, 0.25) is 5.91 Å². The fourth-order valence-electron chi connectivity index (χ4n) is 4.13. The first-order valence-corrected chi connectivity index (χ1v) is 8.64. The summed E-state index contributed by atoms with van der Waals surface area (Å²) in [6, 6.07) is 4.94. The van der Waals surface area contributed by atoms with Crippen LogP contribution in [0.2, 0.25) is 5.02 Å². The molecule has 2 atom stereocenters. The molecule has 2 aliphatic carbocycles. The normalized spacial score (nSPS) is 26.8. The second-order valence-corrected chi connectivity index (χ2v) is 7.24. The van der Waals surface area contributed by atoms with Gasteiger partial charge in [0, 0.05) is 17.4 Å². The van der Waals surface area contributed by atoms with E-state index in [0.29, 0.717) is 29.2 Å². The monoisotopic (exact) mass is 366 g/mol. The Hall–Kier alpha value is -2.02. The highest BCUT2D eigenvalue weighted by atomic mass is 35.5. The number of carbonyl (C=O) groups excluding carboxylic acids is 1. The molecule has 2 fully saturated rings. The summed E-state index contributed by atoms with van der Waals surface area (Å²) in [5.74, 6) is -3.81. The fraction of sp³-hybridized carbons (Fsp3) is 0.471. The number of carbonyl (C=O) groups is 1. The Kier molecular flexibility index (Phi) is 3.79. The van der Waals surface area contributed by atoms with Gasteiger partial charge in [-0.2, -0.15) is 5.10 Å². The Labute approximate surface area is 148 Å². The van der Waals surface area contributed by atoms with E-state index in [4.69, 9.17) is 11.6 Å². The largest absolute Gasteiger partial charge is 0.324 e. The van der Waals surface area contributed by atoms with E-state index < -0.39 is 23.2 Å². The van der Waals surface area contributed by atoms with Crippen molar-refractivity contribution in [1.82, 2.24) is 14.8 Å². The van der Waals surface area contributed by atoms with Crippen molar-refractivity contribution < 1.29 is 13.6 Å². The molecule has 5 nitrogen and oxygen atoms in total. The summed E-state index contributed by atoms with van der Waals surface area (Å²) < 4.78 is 29.9. The van der Waals surface area contributed by atoms with Crippen LogP contribution in [0.15, 0.2) is 30.9 Å². The van der Waals surface area contributed by atoms with E-state index in [-0.39, 0.29) is 6.42 Å². The average molecular weight is 367 g/mol. The maximum Gasteiger partial charge on any atom is 0.258 e. The SMILES string of the molecule is O=C(CC12CCCCC1C2(F)F)Nc1cc(Cl)ccc1-n1cncn1. The van der Waals surface area contributed by atoms with Gasteiger partial charge in [-0.05, 0) is 31.0 Å². The van der Waals surface area contributed by atoms with Gasteiger partial charge in [-0.15, -0.1) is 0 Å². The molecule has 0 saturated heterocycles. The van der Waals surface area contributed by atoms with Crippen molar-refractivity contribution in [2.24, 2.45) is 11.3 Å².